The minimum atomic E-state index is -1.02. The van der Waals surface area contributed by atoms with Gasteiger partial charge in [-0.1, -0.05) is 24.3 Å². The summed E-state index contributed by atoms with van der Waals surface area (Å²) < 4.78 is 16.3. The molecule has 2 aromatic rings. The molecular formula is C24H31NO7. The van der Waals surface area contributed by atoms with Gasteiger partial charge in [-0.2, -0.15) is 5.06 Å². The maximum absolute atomic E-state index is 12.6. The number of carboxylic acids is 1. The van der Waals surface area contributed by atoms with Gasteiger partial charge in [0.05, 0.1) is 25.0 Å². The highest BCUT2D eigenvalue weighted by molar-refractivity contribution is 5.85. The van der Waals surface area contributed by atoms with E-state index in [2.05, 4.69) is 0 Å². The van der Waals surface area contributed by atoms with Gasteiger partial charge in [0.25, 0.3) is 0 Å². The molecule has 8 nitrogen and oxygen atoms in total. The molecule has 0 fully saturated rings. The Morgan fingerprint density at radius 3 is 2.28 bits per heavy atom. The lowest BCUT2D eigenvalue weighted by atomic mass is 10.0. The largest absolute Gasteiger partial charge is 0.494 e. The van der Waals surface area contributed by atoms with Gasteiger partial charge in [0.15, 0.2) is 6.10 Å². The second kappa shape index (κ2) is 12.7. The van der Waals surface area contributed by atoms with Crippen LogP contribution in [0.5, 0.6) is 5.75 Å². The van der Waals surface area contributed by atoms with Gasteiger partial charge in [0.1, 0.15) is 12.4 Å². The smallest absolute Gasteiger partial charge is 0.439 e. The number of carboxylic acid groups (broad SMARTS) is 1. The normalized spacial score (nSPS) is 11.8. The summed E-state index contributed by atoms with van der Waals surface area (Å²) in [6.45, 7) is 8.09. The lowest BCUT2D eigenvalue weighted by molar-refractivity contribution is -0.153. The lowest BCUT2D eigenvalue weighted by Crippen LogP contribution is -2.31. The number of carbonyl (C=O) groups excluding carboxylic acids is 1. The van der Waals surface area contributed by atoms with Crippen molar-refractivity contribution in [3.8, 4) is 5.75 Å². The number of hydroxylamine groups is 1. The summed E-state index contributed by atoms with van der Waals surface area (Å²) >= 11 is 0. The number of ether oxygens (including phenoxy) is 3. The zero-order valence-electron chi connectivity index (χ0n) is 18.9. The molecule has 2 aromatic carbocycles. The molecule has 0 aliphatic heterocycles. The second-order valence-corrected chi connectivity index (χ2v) is 7.23. The Bertz CT molecular complexity index is 867. The molecule has 0 aliphatic rings. The van der Waals surface area contributed by atoms with Crippen molar-refractivity contribution in [1.82, 2.24) is 0 Å². The van der Waals surface area contributed by atoms with Gasteiger partial charge in [-0.05, 0) is 63.1 Å². The number of hydrogen-bond donors (Lipinski definition) is 1. The summed E-state index contributed by atoms with van der Waals surface area (Å²) in [7, 11) is 0. The number of carbonyl (C=O) groups is 2. The highest BCUT2D eigenvalue weighted by atomic mass is 16.7. The van der Waals surface area contributed by atoms with E-state index in [1.54, 1.807) is 63.2 Å². The van der Waals surface area contributed by atoms with Crippen molar-refractivity contribution in [2.75, 3.05) is 18.3 Å². The van der Waals surface area contributed by atoms with Crippen LogP contribution < -0.4 is 9.80 Å². The number of amides is 1. The number of rotatable bonds is 12. The SMILES string of the molecule is CCOc1ccc(N(OCC)C(=O)OCc2cccc(CC(OC(C)C)C(=O)O)c2)cc1. The molecule has 1 atom stereocenters. The topological polar surface area (TPSA) is 94.5 Å². The van der Waals surface area contributed by atoms with Crippen molar-refractivity contribution in [3.05, 3.63) is 59.7 Å². The van der Waals surface area contributed by atoms with Crippen molar-refractivity contribution in [3.63, 3.8) is 0 Å². The summed E-state index contributed by atoms with van der Waals surface area (Å²) in [5.74, 6) is -0.322. The van der Waals surface area contributed by atoms with E-state index in [-0.39, 0.29) is 25.7 Å². The van der Waals surface area contributed by atoms with Crippen molar-refractivity contribution < 1.29 is 33.7 Å². The summed E-state index contributed by atoms with van der Waals surface area (Å²) in [5, 5.41) is 10.5. The van der Waals surface area contributed by atoms with Gasteiger partial charge in [-0.15, -0.1) is 0 Å². The first-order chi connectivity index (χ1) is 15.3. The molecule has 0 bridgehead atoms. The maximum atomic E-state index is 12.6. The maximum Gasteiger partial charge on any atom is 0.439 e. The van der Waals surface area contributed by atoms with Crippen LogP contribution in [0.25, 0.3) is 0 Å². The number of benzene rings is 2. The van der Waals surface area contributed by atoms with Crippen LogP contribution >= 0.6 is 0 Å². The van der Waals surface area contributed by atoms with E-state index in [0.717, 1.165) is 16.2 Å². The molecule has 2 rings (SSSR count). The van der Waals surface area contributed by atoms with Gasteiger partial charge < -0.3 is 19.3 Å². The Morgan fingerprint density at radius 2 is 1.69 bits per heavy atom. The average molecular weight is 446 g/mol. The van der Waals surface area contributed by atoms with Crippen LogP contribution in [-0.2, 0) is 32.1 Å². The Labute approximate surface area is 188 Å². The van der Waals surface area contributed by atoms with Crippen molar-refractivity contribution in [1.29, 1.82) is 0 Å². The minimum Gasteiger partial charge on any atom is -0.494 e. The van der Waals surface area contributed by atoms with E-state index in [9.17, 15) is 14.7 Å². The summed E-state index contributed by atoms with van der Waals surface area (Å²) in [5.41, 5.74) is 2.02. The highest BCUT2D eigenvalue weighted by Crippen LogP contribution is 2.21. The first kappa shape index (κ1) is 25.2. The number of anilines is 1. The van der Waals surface area contributed by atoms with Gasteiger partial charge in [-0.3, -0.25) is 4.84 Å². The molecule has 1 N–H and O–H groups in total. The Morgan fingerprint density at radius 1 is 1.00 bits per heavy atom. The average Bonchev–Trinajstić information content (AvgIpc) is 2.76. The molecule has 0 radical (unpaired) electrons. The predicted octanol–water partition coefficient (Wildman–Crippen LogP) is 4.60. The fraction of sp³-hybridized carbons (Fsp3) is 0.417. The molecule has 1 amide bonds. The number of hydrogen-bond acceptors (Lipinski definition) is 6. The lowest BCUT2D eigenvalue weighted by Gasteiger charge is -2.21. The number of nitrogens with zero attached hydrogens (tertiary/aromatic N) is 1. The van der Waals surface area contributed by atoms with E-state index < -0.39 is 18.2 Å². The third-order valence-electron chi connectivity index (χ3n) is 4.29. The molecule has 8 heteroatoms. The zero-order chi connectivity index (χ0) is 23.5. The van der Waals surface area contributed by atoms with Crippen molar-refractivity contribution in [2.45, 2.75) is 52.9 Å². The molecule has 174 valence electrons. The summed E-state index contributed by atoms with van der Waals surface area (Å²) in [6.07, 6.45) is -1.59. The van der Waals surface area contributed by atoms with Crippen LogP contribution in [-0.4, -0.2) is 42.6 Å². The van der Waals surface area contributed by atoms with Crippen LogP contribution in [0.15, 0.2) is 48.5 Å². The van der Waals surface area contributed by atoms with E-state index in [0.29, 0.717) is 18.0 Å². The molecule has 0 saturated heterocycles. The summed E-state index contributed by atoms with van der Waals surface area (Å²) in [6, 6.07) is 14.1. The third-order valence-corrected chi connectivity index (χ3v) is 4.29. The first-order valence-electron chi connectivity index (χ1n) is 10.6. The quantitative estimate of drug-likeness (QED) is 0.477. The molecule has 0 heterocycles. The first-order valence-corrected chi connectivity index (χ1v) is 10.6. The zero-order valence-corrected chi connectivity index (χ0v) is 18.9. The molecule has 0 saturated carbocycles. The van der Waals surface area contributed by atoms with E-state index in [1.807, 2.05) is 13.0 Å². The van der Waals surface area contributed by atoms with E-state index >= 15 is 0 Å². The van der Waals surface area contributed by atoms with Crippen LogP contribution in [0.2, 0.25) is 0 Å². The second-order valence-electron chi connectivity index (χ2n) is 7.23. The fourth-order valence-electron chi connectivity index (χ4n) is 2.99. The Kier molecular flexibility index (Phi) is 9.97. The molecule has 1 unspecified atom stereocenters. The van der Waals surface area contributed by atoms with Crippen molar-refractivity contribution in [2.24, 2.45) is 0 Å². The Balaban J connectivity index is 2.03. The van der Waals surface area contributed by atoms with Crippen molar-refractivity contribution >= 4 is 17.7 Å². The van der Waals surface area contributed by atoms with Gasteiger partial charge >= 0.3 is 12.1 Å². The van der Waals surface area contributed by atoms with E-state index in [1.165, 1.54) is 0 Å². The Hall–Kier alpha value is -3.10. The number of aliphatic carboxylic acids is 1. The molecule has 0 aromatic heterocycles. The van der Waals surface area contributed by atoms with Gasteiger partial charge in [0.2, 0.25) is 0 Å². The third kappa shape index (κ3) is 7.86. The van der Waals surface area contributed by atoms with Gasteiger partial charge in [-0.25, -0.2) is 9.59 Å². The monoisotopic (exact) mass is 445 g/mol. The molecular weight excluding hydrogens is 414 g/mol. The highest BCUT2D eigenvalue weighted by Gasteiger charge is 2.21. The van der Waals surface area contributed by atoms with Gasteiger partial charge in [0, 0.05) is 6.42 Å². The minimum absolute atomic E-state index is 0.00997. The summed E-state index contributed by atoms with van der Waals surface area (Å²) in [4.78, 5) is 29.5. The molecule has 32 heavy (non-hydrogen) atoms. The predicted molar refractivity (Wildman–Crippen MR) is 120 cm³/mol. The van der Waals surface area contributed by atoms with Crippen LogP contribution in [0.3, 0.4) is 0 Å². The fourth-order valence-corrected chi connectivity index (χ4v) is 2.99. The van der Waals surface area contributed by atoms with Crippen LogP contribution in [0, 0.1) is 0 Å². The molecule has 0 aliphatic carbocycles. The van der Waals surface area contributed by atoms with E-state index in [4.69, 9.17) is 19.0 Å². The van der Waals surface area contributed by atoms with Crippen LogP contribution in [0.4, 0.5) is 10.5 Å². The molecule has 0 spiro atoms. The standard InChI is InChI=1S/C24H31NO7/c1-5-29-21-12-10-20(11-13-21)25(31-6-2)24(28)30-16-19-9-7-8-18(14-19)15-22(23(26)27)32-17(3)4/h7-14,17,22H,5-6,15-16H2,1-4H3,(H,26,27). The van der Waals surface area contributed by atoms with Crippen LogP contribution in [0.1, 0.15) is 38.8 Å².